The van der Waals surface area contributed by atoms with Crippen molar-refractivity contribution in [2.45, 2.75) is 30.6 Å². The SMILES string of the molecule is CNCc1cn[nH]c1S(=O)(=O)N1CCCC(C(F)(F)F)C1. The Balaban J connectivity index is 2.25. The summed E-state index contributed by atoms with van der Waals surface area (Å²) in [6.45, 7) is -0.182. The monoisotopic (exact) mass is 326 g/mol. The van der Waals surface area contributed by atoms with E-state index in [0.717, 1.165) is 4.31 Å². The number of hydrogen-bond acceptors (Lipinski definition) is 4. The summed E-state index contributed by atoms with van der Waals surface area (Å²) in [5, 5.41) is 8.71. The second kappa shape index (κ2) is 5.93. The molecule has 2 heterocycles. The van der Waals surface area contributed by atoms with Crippen LogP contribution in [0.25, 0.3) is 0 Å². The number of rotatable bonds is 4. The minimum Gasteiger partial charge on any atom is -0.316 e. The molecule has 1 aliphatic rings. The van der Waals surface area contributed by atoms with Gasteiger partial charge in [-0.2, -0.15) is 22.6 Å². The molecule has 0 amide bonds. The smallest absolute Gasteiger partial charge is 0.316 e. The third kappa shape index (κ3) is 3.38. The summed E-state index contributed by atoms with van der Waals surface area (Å²) in [6, 6.07) is 0. The molecule has 1 aromatic heterocycles. The number of aromatic nitrogens is 2. The quantitative estimate of drug-likeness (QED) is 0.868. The minimum atomic E-state index is -4.38. The van der Waals surface area contributed by atoms with Gasteiger partial charge in [0.1, 0.15) is 0 Å². The number of halogens is 3. The number of hydrogen-bond donors (Lipinski definition) is 2. The van der Waals surface area contributed by atoms with Crippen LogP contribution in [0.3, 0.4) is 0 Å². The first-order chi connectivity index (χ1) is 9.76. The molecule has 0 aromatic carbocycles. The second-order valence-corrected chi connectivity index (χ2v) is 6.87. The van der Waals surface area contributed by atoms with Gasteiger partial charge < -0.3 is 5.32 Å². The molecule has 1 saturated heterocycles. The fourth-order valence-electron chi connectivity index (χ4n) is 2.40. The highest BCUT2D eigenvalue weighted by atomic mass is 32.2. The van der Waals surface area contributed by atoms with Crippen LogP contribution >= 0.6 is 0 Å². The average molecular weight is 326 g/mol. The molecule has 0 radical (unpaired) electrons. The van der Waals surface area contributed by atoms with Gasteiger partial charge in [0, 0.05) is 25.2 Å². The van der Waals surface area contributed by atoms with Gasteiger partial charge >= 0.3 is 6.18 Å². The van der Waals surface area contributed by atoms with E-state index in [9.17, 15) is 21.6 Å². The molecule has 1 fully saturated rings. The zero-order valence-corrected chi connectivity index (χ0v) is 12.3. The molecule has 10 heteroatoms. The second-order valence-electron chi connectivity index (χ2n) is 5.00. The number of nitrogens with zero attached hydrogens (tertiary/aromatic N) is 2. The van der Waals surface area contributed by atoms with Crippen LogP contribution < -0.4 is 5.32 Å². The third-order valence-corrected chi connectivity index (χ3v) is 5.37. The van der Waals surface area contributed by atoms with E-state index in [4.69, 9.17) is 0 Å². The van der Waals surface area contributed by atoms with Crippen molar-refractivity contribution in [3.63, 3.8) is 0 Å². The Morgan fingerprint density at radius 2 is 2.24 bits per heavy atom. The lowest BCUT2D eigenvalue weighted by Crippen LogP contribution is -2.44. The Morgan fingerprint density at radius 3 is 2.86 bits per heavy atom. The first-order valence-corrected chi connectivity index (χ1v) is 7.94. The number of piperidine rings is 1. The van der Waals surface area contributed by atoms with Gasteiger partial charge in [-0.15, -0.1) is 0 Å². The first-order valence-electron chi connectivity index (χ1n) is 6.50. The Bertz CT molecular complexity index is 585. The van der Waals surface area contributed by atoms with Crippen molar-refractivity contribution in [1.29, 1.82) is 0 Å². The fraction of sp³-hybridized carbons (Fsp3) is 0.727. The maximum atomic E-state index is 12.8. The van der Waals surface area contributed by atoms with E-state index >= 15 is 0 Å². The van der Waals surface area contributed by atoms with Crippen molar-refractivity contribution >= 4 is 10.0 Å². The Kier molecular flexibility index (Phi) is 4.59. The number of alkyl halides is 3. The summed E-state index contributed by atoms with van der Waals surface area (Å²) in [7, 11) is -2.35. The van der Waals surface area contributed by atoms with Crippen molar-refractivity contribution in [2.24, 2.45) is 5.92 Å². The summed E-state index contributed by atoms with van der Waals surface area (Å²) >= 11 is 0. The van der Waals surface area contributed by atoms with Gasteiger partial charge in [-0.3, -0.25) is 5.10 Å². The molecule has 120 valence electrons. The van der Waals surface area contributed by atoms with Crippen LogP contribution in [0.2, 0.25) is 0 Å². The normalized spacial score (nSPS) is 21.6. The van der Waals surface area contributed by atoms with E-state index in [1.807, 2.05) is 0 Å². The van der Waals surface area contributed by atoms with Gasteiger partial charge in [0.15, 0.2) is 5.03 Å². The van der Waals surface area contributed by atoms with Crippen molar-refractivity contribution in [1.82, 2.24) is 19.8 Å². The van der Waals surface area contributed by atoms with E-state index in [2.05, 4.69) is 15.5 Å². The van der Waals surface area contributed by atoms with E-state index < -0.39 is 28.7 Å². The highest BCUT2D eigenvalue weighted by molar-refractivity contribution is 7.89. The molecular formula is C11H17F3N4O2S. The largest absolute Gasteiger partial charge is 0.393 e. The molecule has 1 aliphatic heterocycles. The van der Waals surface area contributed by atoms with Crippen LogP contribution in [0.5, 0.6) is 0 Å². The molecule has 2 N–H and O–H groups in total. The first kappa shape index (κ1) is 16.2. The lowest BCUT2D eigenvalue weighted by Gasteiger charge is -2.32. The van der Waals surface area contributed by atoms with Crippen LogP contribution in [-0.2, 0) is 16.6 Å². The Labute approximate surface area is 120 Å². The third-order valence-electron chi connectivity index (χ3n) is 3.49. The summed E-state index contributed by atoms with van der Waals surface area (Å²) in [6.07, 6.45) is -2.87. The number of aromatic amines is 1. The standard InChI is InChI=1S/C11H17F3N4O2S/c1-15-5-8-6-16-17-10(8)21(19,20)18-4-2-3-9(7-18)11(12,13)14/h6,9,15H,2-5,7H2,1H3,(H,16,17). The van der Waals surface area contributed by atoms with Crippen molar-refractivity contribution < 1.29 is 21.6 Å². The van der Waals surface area contributed by atoms with Crippen LogP contribution in [0.1, 0.15) is 18.4 Å². The molecule has 0 bridgehead atoms. The lowest BCUT2D eigenvalue weighted by atomic mass is 9.99. The van der Waals surface area contributed by atoms with Gasteiger partial charge in [0.05, 0.1) is 12.1 Å². The van der Waals surface area contributed by atoms with Crippen LogP contribution in [-0.4, -0.2) is 49.2 Å². The van der Waals surface area contributed by atoms with Gasteiger partial charge in [-0.1, -0.05) is 0 Å². The van der Waals surface area contributed by atoms with Gasteiger partial charge in [-0.25, -0.2) is 8.42 Å². The van der Waals surface area contributed by atoms with Gasteiger partial charge in [0.2, 0.25) is 0 Å². The number of H-pyrrole nitrogens is 1. The van der Waals surface area contributed by atoms with E-state index in [0.29, 0.717) is 5.56 Å². The fourth-order valence-corrected chi connectivity index (χ4v) is 4.02. The van der Waals surface area contributed by atoms with Crippen LogP contribution in [0.4, 0.5) is 13.2 Å². The molecule has 6 nitrogen and oxygen atoms in total. The Morgan fingerprint density at radius 1 is 1.52 bits per heavy atom. The summed E-state index contributed by atoms with van der Waals surface area (Å²) in [5.74, 6) is -1.61. The molecule has 1 aromatic rings. The van der Waals surface area contributed by atoms with E-state index in [1.54, 1.807) is 7.05 Å². The average Bonchev–Trinajstić information content (AvgIpc) is 2.87. The molecule has 0 saturated carbocycles. The summed E-state index contributed by atoms with van der Waals surface area (Å²) < 4.78 is 64.2. The molecule has 0 aliphatic carbocycles. The topological polar surface area (TPSA) is 78.1 Å². The van der Waals surface area contributed by atoms with Crippen molar-refractivity contribution in [3.8, 4) is 0 Å². The molecule has 21 heavy (non-hydrogen) atoms. The molecule has 2 rings (SSSR count). The van der Waals surface area contributed by atoms with Gasteiger partial charge in [-0.05, 0) is 19.9 Å². The van der Waals surface area contributed by atoms with Crippen molar-refractivity contribution in [2.75, 3.05) is 20.1 Å². The zero-order chi connectivity index (χ0) is 15.7. The molecule has 0 spiro atoms. The molecule has 1 unspecified atom stereocenters. The molecule has 1 atom stereocenters. The number of nitrogens with one attached hydrogen (secondary N) is 2. The Hall–Kier alpha value is -1.13. The predicted molar refractivity (Wildman–Crippen MR) is 68.9 cm³/mol. The molecular weight excluding hydrogens is 309 g/mol. The lowest BCUT2D eigenvalue weighted by molar-refractivity contribution is -0.182. The van der Waals surface area contributed by atoms with E-state index in [1.165, 1.54) is 6.20 Å². The maximum absolute atomic E-state index is 12.8. The summed E-state index contributed by atoms with van der Waals surface area (Å²) in [5.41, 5.74) is 0.409. The van der Waals surface area contributed by atoms with E-state index in [-0.39, 0.29) is 31.0 Å². The predicted octanol–water partition coefficient (Wildman–Crippen LogP) is 1.09. The van der Waals surface area contributed by atoms with Crippen LogP contribution in [0.15, 0.2) is 11.2 Å². The van der Waals surface area contributed by atoms with Gasteiger partial charge in [0.25, 0.3) is 10.0 Å². The highest BCUT2D eigenvalue weighted by Gasteiger charge is 2.44. The number of sulfonamides is 1. The summed E-state index contributed by atoms with van der Waals surface area (Å²) in [4.78, 5) is 0. The highest BCUT2D eigenvalue weighted by Crippen LogP contribution is 2.35. The van der Waals surface area contributed by atoms with Crippen LogP contribution in [0, 0.1) is 5.92 Å². The minimum absolute atomic E-state index is 0.0398. The zero-order valence-electron chi connectivity index (χ0n) is 11.4. The maximum Gasteiger partial charge on any atom is 0.393 e. The van der Waals surface area contributed by atoms with Crippen molar-refractivity contribution in [3.05, 3.63) is 11.8 Å².